The van der Waals surface area contributed by atoms with Crippen molar-refractivity contribution in [3.05, 3.63) is 146 Å². The van der Waals surface area contributed by atoms with Gasteiger partial charge in [0.25, 0.3) is 0 Å². The molecule has 0 saturated heterocycles. The molecule has 3 nitrogen and oxygen atoms in total. The Balaban J connectivity index is 1.53. The molecule has 6 aromatic carbocycles. The summed E-state index contributed by atoms with van der Waals surface area (Å²) in [5.41, 5.74) is 8.03. The molecule has 0 aromatic heterocycles. The van der Waals surface area contributed by atoms with Crippen LogP contribution >= 0.6 is 0 Å². The molecule has 0 atom stereocenters. The van der Waals surface area contributed by atoms with Crippen LogP contribution in [-0.2, 0) is 0 Å². The van der Waals surface area contributed by atoms with E-state index in [-0.39, 0.29) is 0 Å². The number of rotatable bonds is 6. The second-order valence-corrected chi connectivity index (χ2v) is 9.29. The van der Waals surface area contributed by atoms with Crippen molar-refractivity contribution in [3.8, 4) is 22.3 Å². The van der Waals surface area contributed by atoms with Gasteiger partial charge >= 0.3 is 7.12 Å². The molecule has 0 aliphatic carbocycles. The van der Waals surface area contributed by atoms with Crippen molar-refractivity contribution in [2.24, 2.45) is 0 Å². The van der Waals surface area contributed by atoms with Gasteiger partial charge in [0, 0.05) is 17.1 Å². The third kappa shape index (κ3) is 4.71. The molecule has 4 heteroatoms. The third-order valence-electron chi connectivity index (χ3n) is 6.87. The number of anilines is 3. The average molecular weight is 491 g/mol. The van der Waals surface area contributed by atoms with Gasteiger partial charge in [0.1, 0.15) is 0 Å². The summed E-state index contributed by atoms with van der Waals surface area (Å²) >= 11 is 0. The van der Waals surface area contributed by atoms with E-state index in [0.29, 0.717) is 5.46 Å². The zero-order valence-corrected chi connectivity index (χ0v) is 20.8. The van der Waals surface area contributed by atoms with Crippen molar-refractivity contribution in [2.75, 3.05) is 4.90 Å². The van der Waals surface area contributed by atoms with Crippen molar-refractivity contribution in [1.29, 1.82) is 0 Å². The Bertz CT molecular complexity index is 1680. The number of hydrogen-bond donors (Lipinski definition) is 2. The molecule has 0 amide bonds. The van der Waals surface area contributed by atoms with Crippen molar-refractivity contribution < 1.29 is 10.0 Å². The van der Waals surface area contributed by atoms with Crippen LogP contribution in [0.25, 0.3) is 33.0 Å². The molecule has 0 aliphatic rings. The molecule has 0 spiro atoms. The molecule has 6 rings (SSSR count). The summed E-state index contributed by atoms with van der Waals surface area (Å²) in [6.45, 7) is 0. The highest BCUT2D eigenvalue weighted by molar-refractivity contribution is 6.58. The summed E-state index contributed by atoms with van der Waals surface area (Å²) in [6.07, 6.45) is 0. The van der Waals surface area contributed by atoms with E-state index in [2.05, 4.69) is 102 Å². The Kier molecular flexibility index (Phi) is 6.49. The zero-order chi connectivity index (χ0) is 25.9. The average Bonchev–Trinajstić information content (AvgIpc) is 2.98. The van der Waals surface area contributed by atoms with E-state index >= 15 is 0 Å². The molecule has 0 unspecified atom stereocenters. The summed E-state index contributed by atoms with van der Waals surface area (Å²) < 4.78 is 0. The van der Waals surface area contributed by atoms with Crippen molar-refractivity contribution in [3.63, 3.8) is 0 Å². The van der Waals surface area contributed by atoms with Gasteiger partial charge in [-0.2, -0.15) is 0 Å². The number of benzene rings is 6. The van der Waals surface area contributed by atoms with E-state index in [0.717, 1.165) is 33.8 Å². The molecular weight excluding hydrogens is 465 g/mol. The molecule has 0 aliphatic heterocycles. The molecule has 0 heterocycles. The van der Waals surface area contributed by atoms with E-state index in [1.54, 1.807) is 12.1 Å². The Morgan fingerprint density at radius 2 is 1.03 bits per heavy atom. The first-order valence-electron chi connectivity index (χ1n) is 12.7. The Morgan fingerprint density at radius 1 is 0.421 bits per heavy atom. The first-order chi connectivity index (χ1) is 18.7. The van der Waals surface area contributed by atoms with Crippen LogP contribution < -0.4 is 10.4 Å². The maximum Gasteiger partial charge on any atom is 0.488 e. The maximum absolute atomic E-state index is 9.60. The van der Waals surface area contributed by atoms with E-state index in [9.17, 15) is 10.0 Å². The molecular formula is C34H26BNO2. The molecule has 6 aromatic rings. The molecule has 0 fully saturated rings. The lowest BCUT2D eigenvalue weighted by atomic mass is 9.80. The fourth-order valence-corrected chi connectivity index (χ4v) is 4.96. The predicted octanol–water partition coefficient (Wildman–Crippen LogP) is 7.32. The minimum absolute atomic E-state index is 0.457. The molecule has 0 bridgehead atoms. The molecule has 0 saturated carbocycles. The van der Waals surface area contributed by atoms with Gasteiger partial charge in [-0.25, -0.2) is 0 Å². The van der Waals surface area contributed by atoms with Crippen molar-refractivity contribution >= 4 is 40.4 Å². The fourth-order valence-electron chi connectivity index (χ4n) is 4.96. The Labute approximate surface area is 223 Å². The number of hydrogen-bond acceptors (Lipinski definition) is 3. The lowest BCUT2D eigenvalue weighted by Crippen LogP contribution is -2.29. The van der Waals surface area contributed by atoms with Gasteiger partial charge in [-0.3, -0.25) is 0 Å². The second-order valence-electron chi connectivity index (χ2n) is 9.29. The van der Waals surface area contributed by atoms with E-state index < -0.39 is 7.12 Å². The summed E-state index contributed by atoms with van der Waals surface area (Å²) in [5, 5.41) is 21.6. The van der Waals surface area contributed by atoms with Gasteiger partial charge in [-0.05, 0) is 81.0 Å². The van der Waals surface area contributed by atoms with E-state index in [4.69, 9.17) is 0 Å². The van der Waals surface area contributed by atoms with Crippen molar-refractivity contribution in [1.82, 2.24) is 0 Å². The number of nitrogens with zero attached hydrogens (tertiary/aromatic N) is 1. The van der Waals surface area contributed by atoms with Crippen LogP contribution in [0.5, 0.6) is 0 Å². The third-order valence-corrected chi connectivity index (χ3v) is 6.87. The van der Waals surface area contributed by atoms with E-state index in [1.807, 2.05) is 36.4 Å². The smallest absolute Gasteiger partial charge is 0.423 e. The maximum atomic E-state index is 9.60. The predicted molar refractivity (Wildman–Crippen MR) is 159 cm³/mol. The quantitative estimate of drug-likeness (QED) is 0.240. The minimum Gasteiger partial charge on any atom is -0.423 e. The SMILES string of the molecule is OB(O)c1ccc(N(c2ccccc2)c2ccc(-c3ccc4ccccc4c3)c(-c3ccccc3)c2)cc1. The van der Waals surface area contributed by atoms with Crippen LogP contribution in [0.1, 0.15) is 0 Å². The molecule has 0 radical (unpaired) electrons. The summed E-state index contributed by atoms with van der Waals surface area (Å²) in [7, 11) is -1.50. The standard InChI is InChI=1S/C34H26BNO2/c37-35(38)29-17-19-31(20-18-29)36(30-13-5-2-6-14-30)32-21-22-33(34(24-32)26-10-3-1-4-11-26)28-16-15-25-9-7-8-12-27(25)23-28/h1-24,37-38H. The zero-order valence-electron chi connectivity index (χ0n) is 20.8. The highest BCUT2D eigenvalue weighted by Gasteiger charge is 2.17. The first-order valence-corrected chi connectivity index (χ1v) is 12.7. The Morgan fingerprint density at radius 3 is 1.74 bits per heavy atom. The molecule has 2 N–H and O–H groups in total. The topological polar surface area (TPSA) is 43.7 Å². The summed E-state index contributed by atoms with van der Waals surface area (Å²) in [5.74, 6) is 0. The van der Waals surface area contributed by atoms with Gasteiger partial charge in [-0.1, -0.05) is 103 Å². The van der Waals surface area contributed by atoms with Crippen LogP contribution in [0.4, 0.5) is 17.1 Å². The number of para-hydroxylation sites is 1. The van der Waals surface area contributed by atoms with Gasteiger partial charge in [0.15, 0.2) is 0 Å². The first kappa shape index (κ1) is 23.7. The molecule has 38 heavy (non-hydrogen) atoms. The lowest BCUT2D eigenvalue weighted by Gasteiger charge is -2.27. The van der Waals surface area contributed by atoms with Crippen LogP contribution in [0.15, 0.2) is 146 Å². The highest BCUT2D eigenvalue weighted by Crippen LogP contribution is 2.40. The summed E-state index contributed by atoms with van der Waals surface area (Å²) in [6, 6.07) is 49.7. The van der Waals surface area contributed by atoms with Crippen LogP contribution in [-0.4, -0.2) is 17.2 Å². The van der Waals surface area contributed by atoms with E-state index in [1.165, 1.54) is 16.3 Å². The number of fused-ring (bicyclic) bond motifs is 1. The van der Waals surface area contributed by atoms with Crippen molar-refractivity contribution in [2.45, 2.75) is 0 Å². The normalized spacial score (nSPS) is 10.9. The summed E-state index contributed by atoms with van der Waals surface area (Å²) in [4.78, 5) is 2.18. The van der Waals surface area contributed by atoms with Crippen LogP contribution in [0.3, 0.4) is 0 Å². The molecule has 182 valence electrons. The largest absolute Gasteiger partial charge is 0.488 e. The second kappa shape index (κ2) is 10.4. The van der Waals surface area contributed by atoms with Crippen LogP contribution in [0.2, 0.25) is 0 Å². The van der Waals surface area contributed by atoms with Gasteiger partial charge in [0.2, 0.25) is 0 Å². The fraction of sp³-hybridized carbons (Fsp3) is 0. The van der Waals surface area contributed by atoms with Gasteiger partial charge < -0.3 is 14.9 Å². The monoisotopic (exact) mass is 491 g/mol. The highest BCUT2D eigenvalue weighted by atomic mass is 16.4. The van der Waals surface area contributed by atoms with Gasteiger partial charge in [-0.15, -0.1) is 0 Å². The van der Waals surface area contributed by atoms with Crippen LogP contribution in [0, 0.1) is 0 Å². The lowest BCUT2D eigenvalue weighted by molar-refractivity contribution is 0.426. The minimum atomic E-state index is -1.50. The Hall–Kier alpha value is -4.64. The van der Waals surface area contributed by atoms with Gasteiger partial charge in [0.05, 0.1) is 0 Å².